The van der Waals surface area contributed by atoms with Crippen LogP contribution in [0.15, 0.2) is 78.9 Å². The van der Waals surface area contributed by atoms with Gasteiger partial charge in [-0.25, -0.2) is 0 Å². The van der Waals surface area contributed by atoms with Crippen molar-refractivity contribution < 1.29 is 14.3 Å². The fraction of sp³-hybridized carbons (Fsp3) is 0.208. The normalized spacial score (nSPS) is 10.2. The number of ether oxygens (including phenoxy) is 2. The number of hydrogen-bond acceptors (Lipinski definition) is 4. The summed E-state index contributed by atoms with van der Waals surface area (Å²) >= 11 is 0. The first-order valence-electron chi connectivity index (χ1n) is 9.77. The van der Waals surface area contributed by atoms with Crippen LogP contribution in [0.1, 0.15) is 18.9 Å². The van der Waals surface area contributed by atoms with Gasteiger partial charge in [0.05, 0.1) is 18.8 Å². The van der Waals surface area contributed by atoms with Gasteiger partial charge in [0.15, 0.2) is 0 Å². The molecule has 0 aliphatic carbocycles. The Hall–Kier alpha value is -3.47. The minimum absolute atomic E-state index is 0.131. The number of anilines is 2. The summed E-state index contributed by atoms with van der Waals surface area (Å²) in [4.78, 5) is 12.3. The number of amides is 1. The van der Waals surface area contributed by atoms with Gasteiger partial charge in [-0.3, -0.25) is 4.79 Å². The van der Waals surface area contributed by atoms with Gasteiger partial charge in [-0.2, -0.15) is 0 Å². The summed E-state index contributed by atoms with van der Waals surface area (Å²) < 4.78 is 11.5. The van der Waals surface area contributed by atoms with E-state index in [0.717, 1.165) is 23.4 Å². The highest BCUT2D eigenvalue weighted by molar-refractivity contribution is 5.94. The van der Waals surface area contributed by atoms with Gasteiger partial charge in [-0.1, -0.05) is 55.5 Å². The molecule has 0 radical (unpaired) electrons. The Labute approximate surface area is 171 Å². The molecule has 0 saturated carbocycles. The topological polar surface area (TPSA) is 59.6 Å². The summed E-state index contributed by atoms with van der Waals surface area (Å²) in [5.74, 6) is 1.31. The van der Waals surface area contributed by atoms with Crippen LogP contribution in [-0.4, -0.2) is 19.1 Å². The molecule has 0 fully saturated rings. The molecule has 0 aliphatic rings. The maximum absolute atomic E-state index is 12.3. The minimum atomic E-state index is -0.143. The lowest BCUT2D eigenvalue weighted by atomic mass is 10.2. The fourth-order valence-electron chi connectivity index (χ4n) is 2.74. The van der Waals surface area contributed by atoms with Gasteiger partial charge in [-0.15, -0.1) is 0 Å². The van der Waals surface area contributed by atoms with E-state index in [9.17, 15) is 4.79 Å². The average molecular weight is 390 g/mol. The van der Waals surface area contributed by atoms with Gasteiger partial charge in [0.1, 0.15) is 18.1 Å². The molecule has 1 amide bonds. The molecule has 0 spiro atoms. The molecule has 3 rings (SSSR count). The molecule has 0 aliphatic heterocycles. The third-order valence-corrected chi connectivity index (χ3v) is 4.15. The second-order valence-corrected chi connectivity index (χ2v) is 6.55. The van der Waals surface area contributed by atoms with Crippen molar-refractivity contribution in [3.05, 3.63) is 84.4 Å². The molecule has 0 bridgehead atoms. The van der Waals surface area contributed by atoms with E-state index in [-0.39, 0.29) is 12.5 Å². The average Bonchev–Trinajstić information content (AvgIpc) is 2.76. The Morgan fingerprint density at radius 3 is 2.52 bits per heavy atom. The van der Waals surface area contributed by atoms with Crippen LogP contribution in [0.2, 0.25) is 0 Å². The zero-order valence-corrected chi connectivity index (χ0v) is 16.6. The molecule has 0 aromatic heterocycles. The minimum Gasteiger partial charge on any atom is -0.494 e. The number of carbonyl (C=O) groups is 1. The zero-order chi connectivity index (χ0) is 20.3. The number of hydrogen-bond donors (Lipinski definition) is 2. The van der Waals surface area contributed by atoms with Crippen LogP contribution in [0, 0.1) is 0 Å². The van der Waals surface area contributed by atoms with Gasteiger partial charge in [0.2, 0.25) is 5.91 Å². The summed E-state index contributed by atoms with van der Waals surface area (Å²) in [6.45, 7) is 3.31. The Kier molecular flexibility index (Phi) is 7.52. The molecule has 29 heavy (non-hydrogen) atoms. The molecule has 3 aromatic rings. The summed E-state index contributed by atoms with van der Waals surface area (Å²) in [7, 11) is 0. The molecular formula is C24H26N2O3. The van der Waals surface area contributed by atoms with Gasteiger partial charge in [0, 0.05) is 11.8 Å². The first-order valence-corrected chi connectivity index (χ1v) is 9.77. The van der Waals surface area contributed by atoms with Gasteiger partial charge in [-0.05, 0) is 36.2 Å². The SMILES string of the molecule is CCCOc1cccc(NC(=O)CNc2ccccc2OCc2ccccc2)c1. The van der Waals surface area contributed by atoms with E-state index in [2.05, 4.69) is 17.6 Å². The maximum Gasteiger partial charge on any atom is 0.243 e. The van der Waals surface area contributed by atoms with Crippen molar-refractivity contribution in [1.82, 2.24) is 0 Å². The van der Waals surface area contributed by atoms with Gasteiger partial charge < -0.3 is 20.1 Å². The summed E-state index contributed by atoms with van der Waals surface area (Å²) in [5.41, 5.74) is 2.57. The fourth-order valence-corrected chi connectivity index (χ4v) is 2.74. The van der Waals surface area contributed by atoms with Crippen LogP contribution in [0.25, 0.3) is 0 Å². The Balaban J connectivity index is 1.54. The van der Waals surface area contributed by atoms with E-state index in [0.29, 0.717) is 24.7 Å². The number of rotatable bonds is 10. The smallest absolute Gasteiger partial charge is 0.243 e. The van der Waals surface area contributed by atoms with Gasteiger partial charge >= 0.3 is 0 Å². The largest absolute Gasteiger partial charge is 0.494 e. The van der Waals surface area contributed by atoms with Crippen molar-refractivity contribution in [1.29, 1.82) is 0 Å². The van der Waals surface area contributed by atoms with Crippen LogP contribution >= 0.6 is 0 Å². The molecule has 2 N–H and O–H groups in total. The molecule has 0 heterocycles. The lowest BCUT2D eigenvalue weighted by Crippen LogP contribution is -2.22. The number of benzene rings is 3. The predicted octanol–water partition coefficient (Wildman–Crippen LogP) is 5.11. The third-order valence-electron chi connectivity index (χ3n) is 4.15. The molecule has 3 aromatic carbocycles. The Bertz CT molecular complexity index is 913. The van der Waals surface area contributed by atoms with E-state index in [1.165, 1.54) is 0 Å². The third kappa shape index (κ3) is 6.57. The highest BCUT2D eigenvalue weighted by Crippen LogP contribution is 2.24. The van der Waals surface area contributed by atoms with E-state index in [4.69, 9.17) is 9.47 Å². The summed E-state index contributed by atoms with van der Waals surface area (Å²) in [6, 6.07) is 25.0. The first-order chi connectivity index (χ1) is 14.2. The Morgan fingerprint density at radius 2 is 1.69 bits per heavy atom. The van der Waals surface area contributed by atoms with E-state index >= 15 is 0 Å². The molecule has 0 saturated heterocycles. The zero-order valence-electron chi connectivity index (χ0n) is 16.6. The number of para-hydroxylation sites is 2. The molecular weight excluding hydrogens is 364 g/mol. The summed E-state index contributed by atoms with van der Waals surface area (Å²) in [6.07, 6.45) is 0.937. The second-order valence-electron chi connectivity index (χ2n) is 6.55. The standard InChI is InChI=1S/C24H26N2O3/c1-2-15-28-21-12-8-11-20(16-21)26-24(27)17-25-22-13-6-7-14-23(22)29-18-19-9-4-3-5-10-19/h3-14,16,25H,2,15,17-18H2,1H3,(H,26,27). The van der Waals surface area contributed by atoms with Crippen LogP contribution in [0.5, 0.6) is 11.5 Å². The van der Waals surface area contributed by atoms with Crippen LogP contribution in [0.3, 0.4) is 0 Å². The van der Waals surface area contributed by atoms with Crippen molar-refractivity contribution in [3.8, 4) is 11.5 Å². The molecule has 5 heteroatoms. The van der Waals surface area contributed by atoms with Crippen molar-refractivity contribution in [3.63, 3.8) is 0 Å². The maximum atomic E-state index is 12.3. The lowest BCUT2D eigenvalue weighted by Gasteiger charge is -2.13. The van der Waals surface area contributed by atoms with Crippen LogP contribution in [-0.2, 0) is 11.4 Å². The monoisotopic (exact) mass is 390 g/mol. The molecule has 0 atom stereocenters. The van der Waals surface area contributed by atoms with Crippen molar-refractivity contribution in [2.45, 2.75) is 20.0 Å². The highest BCUT2D eigenvalue weighted by Gasteiger charge is 2.07. The Morgan fingerprint density at radius 1 is 0.897 bits per heavy atom. The molecule has 150 valence electrons. The van der Waals surface area contributed by atoms with Crippen molar-refractivity contribution >= 4 is 17.3 Å². The molecule has 5 nitrogen and oxygen atoms in total. The second kappa shape index (κ2) is 10.8. The van der Waals surface area contributed by atoms with E-state index < -0.39 is 0 Å². The number of carbonyl (C=O) groups excluding carboxylic acids is 1. The lowest BCUT2D eigenvalue weighted by molar-refractivity contribution is -0.114. The molecule has 0 unspecified atom stereocenters. The van der Waals surface area contributed by atoms with E-state index in [1.54, 1.807) is 0 Å². The quantitative estimate of drug-likeness (QED) is 0.505. The van der Waals surface area contributed by atoms with Crippen LogP contribution in [0.4, 0.5) is 11.4 Å². The van der Waals surface area contributed by atoms with Gasteiger partial charge in [0.25, 0.3) is 0 Å². The first kappa shape index (κ1) is 20.3. The van der Waals surface area contributed by atoms with Crippen molar-refractivity contribution in [2.75, 3.05) is 23.8 Å². The van der Waals surface area contributed by atoms with Crippen LogP contribution < -0.4 is 20.1 Å². The number of nitrogens with one attached hydrogen (secondary N) is 2. The summed E-state index contributed by atoms with van der Waals surface area (Å²) in [5, 5.41) is 6.03. The van der Waals surface area contributed by atoms with Crippen molar-refractivity contribution in [2.24, 2.45) is 0 Å². The predicted molar refractivity (Wildman–Crippen MR) is 117 cm³/mol. The van der Waals surface area contributed by atoms with E-state index in [1.807, 2.05) is 78.9 Å². The highest BCUT2D eigenvalue weighted by atomic mass is 16.5.